The molecule has 0 bridgehead atoms. The van der Waals surface area contributed by atoms with Crippen LogP contribution in [0, 0.1) is 0 Å². The third-order valence-corrected chi connectivity index (χ3v) is 10.4. The first-order valence-electron chi connectivity index (χ1n) is 19.8. The van der Waals surface area contributed by atoms with Crippen LogP contribution in [-0.2, 0) is 40.4 Å². The Kier molecular flexibility index (Phi) is 16.7. The largest absolute Gasteiger partial charge is 0.496 e. The van der Waals surface area contributed by atoms with Crippen LogP contribution in [0.4, 0.5) is 21.9 Å². The van der Waals surface area contributed by atoms with Gasteiger partial charge in [-0.1, -0.05) is 51.1 Å². The number of ether oxygens (including phenoxy) is 5. The molecule has 0 aliphatic rings. The zero-order valence-corrected chi connectivity index (χ0v) is 37.6. The molecule has 0 saturated carbocycles. The Morgan fingerprint density at radius 1 is 0.794 bits per heavy atom. The summed E-state index contributed by atoms with van der Waals surface area (Å²) in [6.45, 7) is 6.32. The Hall–Kier alpha value is -5.59. The van der Waals surface area contributed by atoms with Crippen molar-refractivity contribution in [2.75, 3.05) is 62.4 Å². The molecule has 1 aromatic heterocycles. The van der Waals surface area contributed by atoms with Crippen LogP contribution in [-0.4, -0.2) is 82.1 Å². The van der Waals surface area contributed by atoms with E-state index in [1.54, 1.807) is 42.6 Å². The van der Waals surface area contributed by atoms with E-state index in [0.29, 0.717) is 72.1 Å². The fourth-order valence-corrected chi connectivity index (χ4v) is 7.19. The molecule has 0 aliphatic carbocycles. The van der Waals surface area contributed by atoms with E-state index in [1.807, 2.05) is 63.2 Å². The normalized spacial score (nSPS) is 11.9. The number of rotatable bonds is 22. The predicted octanol–water partition coefficient (Wildman–Crippen LogP) is 8.40. The number of nitrogens with zero attached hydrogens (tertiary/aromatic N) is 1. The van der Waals surface area contributed by atoms with Gasteiger partial charge in [-0.15, -0.1) is 0 Å². The van der Waals surface area contributed by atoms with E-state index >= 15 is 0 Å². The maximum absolute atomic E-state index is 13.5. The van der Waals surface area contributed by atoms with Crippen LogP contribution < -0.4 is 29.6 Å². The maximum Gasteiger partial charge on any atom is 0.471 e. The molecule has 1 heterocycles. The van der Waals surface area contributed by atoms with Gasteiger partial charge in [-0.05, 0) is 71.8 Å². The second-order valence-corrected chi connectivity index (χ2v) is 18.4. The van der Waals surface area contributed by atoms with Crippen molar-refractivity contribution in [2.24, 2.45) is 0 Å². The molecule has 0 atom stereocenters. The summed E-state index contributed by atoms with van der Waals surface area (Å²) in [7, 11) is -5.31. The van der Waals surface area contributed by atoms with E-state index in [4.69, 9.17) is 33.5 Å². The molecule has 5 rings (SSSR count). The summed E-state index contributed by atoms with van der Waals surface area (Å²) >= 11 is 0. The van der Waals surface area contributed by atoms with Crippen molar-refractivity contribution < 1.29 is 60.6 Å². The summed E-state index contributed by atoms with van der Waals surface area (Å²) in [5.41, 5.74) is 3.41. The average molecular weight is 909 g/mol. The van der Waals surface area contributed by atoms with E-state index in [0.717, 1.165) is 22.8 Å². The van der Waals surface area contributed by atoms with Gasteiger partial charge in [-0.2, -0.15) is 0 Å². The van der Waals surface area contributed by atoms with Gasteiger partial charge in [0.15, 0.2) is 18.3 Å². The average Bonchev–Trinajstić information content (AvgIpc) is 3.21. The number of carbonyl (C=O) groups is 2. The van der Waals surface area contributed by atoms with Gasteiger partial charge in [0.05, 0.1) is 49.7 Å². The molecule has 0 radical (unpaired) electrons. The lowest BCUT2D eigenvalue weighted by molar-refractivity contribution is -0.0104. The van der Waals surface area contributed by atoms with Gasteiger partial charge < -0.3 is 44.1 Å². The molecule has 338 valence electrons. The number of hydrogen-bond donors (Lipinski definition) is 5. The summed E-state index contributed by atoms with van der Waals surface area (Å²) in [5, 5.41) is 7.19. The minimum absolute atomic E-state index is 0.0910. The van der Waals surface area contributed by atoms with Crippen LogP contribution in [0.15, 0.2) is 85.1 Å². The first-order chi connectivity index (χ1) is 29.8. The molecule has 0 saturated heterocycles. The molecule has 2 amide bonds. The monoisotopic (exact) mass is 908 g/mol. The fourth-order valence-electron chi connectivity index (χ4n) is 6.42. The van der Waals surface area contributed by atoms with Gasteiger partial charge in [0.2, 0.25) is 10.0 Å². The number of sulfonamides is 1. The van der Waals surface area contributed by atoms with E-state index in [9.17, 15) is 22.6 Å². The summed E-state index contributed by atoms with van der Waals surface area (Å²) in [4.78, 5) is 48.4. The van der Waals surface area contributed by atoms with E-state index < -0.39 is 30.7 Å². The molecule has 17 nitrogen and oxygen atoms in total. The SMILES string of the molecule is COc1cc(Cc2cc(Oc3ccc(NC(=O)Nc4cc(C(C)(C)C)cc(NS(C)(=O)=O)c4OC)c4ccccc34)ccn2)ccc1C(=O)CCCOCCCOCOP(=O)(O)O. The first kappa shape index (κ1) is 48.4. The number of phosphoric acid groups is 1. The van der Waals surface area contributed by atoms with Crippen LogP contribution >= 0.6 is 7.82 Å². The van der Waals surface area contributed by atoms with Gasteiger partial charge in [0.25, 0.3) is 0 Å². The minimum Gasteiger partial charge on any atom is -0.496 e. The van der Waals surface area contributed by atoms with Crippen LogP contribution in [0.3, 0.4) is 0 Å². The number of carbonyl (C=O) groups excluding carboxylic acids is 2. The van der Waals surface area contributed by atoms with Crippen LogP contribution in [0.2, 0.25) is 0 Å². The number of aromatic nitrogens is 1. The molecule has 63 heavy (non-hydrogen) atoms. The summed E-state index contributed by atoms with van der Waals surface area (Å²) in [5.74, 6) is 1.59. The lowest BCUT2D eigenvalue weighted by atomic mass is 9.86. The number of nitrogens with one attached hydrogen (secondary N) is 3. The lowest BCUT2D eigenvalue weighted by Crippen LogP contribution is -2.22. The maximum atomic E-state index is 13.5. The van der Waals surface area contributed by atoms with Crippen molar-refractivity contribution in [1.29, 1.82) is 0 Å². The highest BCUT2D eigenvalue weighted by molar-refractivity contribution is 7.92. The molecule has 0 unspecified atom stereocenters. The van der Waals surface area contributed by atoms with Gasteiger partial charge in [-0.25, -0.2) is 17.8 Å². The number of benzene rings is 4. The standard InChI is InChI=1S/C44H53N4O13PS/c1-44(2,3)30-25-37(42(57-5)38(26-30)48-63(6,54)55)47-43(50)46-36-16-17-40(34-12-8-7-11-33(34)36)61-32-18-19-45-31(27-32)23-29-14-15-35(41(24-29)56-4)39(49)13-9-20-58-21-10-22-59-28-60-62(51,52)53/h7-8,11-12,14-19,24-27,48H,9-10,13,20-23,28H2,1-6H3,(H2,46,47,50)(H2,51,52,53). The number of pyridine rings is 1. The van der Waals surface area contributed by atoms with E-state index in [2.05, 4.69) is 24.9 Å². The van der Waals surface area contributed by atoms with E-state index in [1.165, 1.54) is 14.2 Å². The number of amides is 2. The second-order valence-electron chi connectivity index (χ2n) is 15.4. The third kappa shape index (κ3) is 14.7. The number of fused-ring (bicyclic) bond motifs is 1. The zero-order chi connectivity index (χ0) is 45.8. The van der Waals surface area contributed by atoms with Crippen LogP contribution in [0.1, 0.15) is 67.2 Å². The highest BCUT2D eigenvalue weighted by atomic mass is 32.2. The number of urea groups is 1. The smallest absolute Gasteiger partial charge is 0.471 e. The summed E-state index contributed by atoms with van der Waals surface area (Å²) in [6.07, 6.45) is 4.35. The van der Waals surface area contributed by atoms with Crippen molar-refractivity contribution in [3.05, 3.63) is 107 Å². The third-order valence-electron chi connectivity index (χ3n) is 9.38. The van der Waals surface area contributed by atoms with Crippen molar-refractivity contribution in [1.82, 2.24) is 4.98 Å². The highest BCUT2D eigenvalue weighted by Gasteiger charge is 2.23. The minimum atomic E-state index is -4.56. The first-order valence-corrected chi connectivity index (χ1v) is 23.2. The highest BCUT2D eigenvalue weighted by Crippen LogP contribution is 2.40. The van der Waals surface area contributed by atoms with Gasteiger partial charge in [0, 0.05) is 54.8 Å². The van der Waals surface area contributed by atoms with Crippen molar-refractivity contribution in [3.63, 3.8) is 0 Å². The summed E-state index contributed by atoms with van der Waals surface area (Å²) < 4.78 is 69.7. The van der Waals surface area contributed by atoms with Crippen molar-refractivity contribution in [2.45, 2.75) is 51.9 Å². The Morgan fingerprint density at radius 2 is 1.49 bits per heavy atom. The number of anilines is 3. The fraction of sp³-hybridized carbons (Fsp3) is 0.341. The predicted molar refractivity (Wildman–Crippen MR) is 240 cm³/mol. The molecule has 5 N–H and O–H groups in total. The second kappa shape index (κ2) is 21.7. The van der Waals surface area contributed by atoms with Gasteiger partial charge in [-0.3, -0.25) is 19.0 Å². The topological polar surface area (TPSA) is 230 Å². The number of phosphoric ester groups is 1. The Bertz CT molecular complexity index is 2560. The molecule has 5 aromatic rings. The van der Waals surface area contributed by atoms with Crippen LogP contribution in [0.5, 0.6) is 23.0 Å². The number of hydrogen-bond acceptors (Lipinski definition) is 12. The van der Waals surface area contributed by atoms with Gasteiger partial charge in [0.1, 0.15) is 17.2 Å². The molecular weight excluding hydrogens is 856 g/mol. The Labute approximate surface area is 366 Å². The molecule has 0 fully saturated rings. The zero-order valence-electron chi connectivity index (χ0n) is 35.9. The quantitative estimate of drug-likeness (QED) is 0.0190. The number of ketones is 1. The molecule has 0 spiro atoms. The molecule has 0 aliphatic heterocycles. The number of Topliss-reactive ketones (excluding diaryl/α,β-unsaturated/α-hetero) is 1. The molecule has 4 aromatic carbocycles. The lowest BCUT2D eigenvalue weighted by Gasteiger charge is -2.24. The van der Waals surface area contributed by atoms with Crippen molar-refractivity contribution >= 4 is 57.5 Å². The number of methoxy groups -OCH3 is 2. The summed E-state index contributed by atoms with van der Waals surface area (Å²) in [6, 6.07) is 22.8. The van der Waals surface area contributed by atoms with Gasteiger partial charge >= 0.3 is 13.9 Å². The molecule has 19 heteroatoms. The molecular formula is C44H53N4O13PS. The van der Waals surface area contributed by atoms with Crippen molar-refractivity contribution in [3.8, 4) is 23.0 Å². The van der Waals surface area contributed by atoms with Crippen LogP contribution in [0.25, 0.3) is 10.8 Å². The Balaban J connectivity index is 1.21. The Morgan fingerprint density at radius 3 is 2.19 bits per heavy atom. The van der Waals surface area contributed by atoms with E-state index in [-0.39, 0.29) is 41.4 Å².